The lowest BCUT2D eigenvalue weighted by Crippen LogP contribution is -2.47. The van der Waals surface area contributed by atoms with Crippen LogP contribution in [0.15, 0.2) is 24.3 Å². The van der Waals surface area contributed by atoms with Gasteiger partial charge in [-0.15, -0.1) is 0 Å². The molecule has 0 radical (unpaired) electrons. The molecule has 0 spiro atoms. The van der Waals surface area contributed by atoms with Gasteiger partial charge in [-0.05, 0) is 57.4 Å². The van der Waals surface area contributed by atoms with Crippen molar-refractivity contribution < 1.29 is 37.3 Å². The number of phosphoric acid groups is 1. The summed E-state index contributed by atoms with van der Waals surface area (Å²) in [7, 11) is 1.51. The molecular formula is C70H138N2O7P+. The van der Waals surface area contributed by atoms with Gasteiger partial charge in [0.05, 0.1) is 33.8 Å². The number of phosphoric ester groups is 1. The number of amides is 1. The van der Waals surface area contributed by atoms with Crippen LogP contribution in [0.5, 0.6) is 0 Å². The number of carbonyl (C=O) groups excluding carboxylic acids is 2. The number of ether oxygens (including phenoxy) is 1. The second kappa shape index (κ2) is 60.6. The van der Waals surface area contributed by atoms with E-state index in [1.54, 1.807) is 0 Å². The van der Waals surface area contributed by atoms with Crippen molar-refractivity contribution >= 4 is 19.7 Å². The summed E-state index contributed by atoms with van der Waals surface area (Å²) < 4.78 is 30.8. The van der Waals surface area contributed by atoms with E-state index in [4.69, 9.17) is 13.8 Å². The fourth-order valence-corrected chi connectivity index (χ4v) is 11.4. The van der Waals surface area contributed by atoms with E-state index < -0.39 is 20.0 Å². The lowest BCUT2D eigenvalue weighted by molar-refractivity contribution is -0.870. The van der Waals surface area contributed by atoms with Gasteiger partial charge in [-0.3, -0.25) is 18.6 Å². The lowest BCUT2D eigenvalue weighted by Gasteiger charge is -2.27. The molecule has 0 aromatic carbocycles. The van der Waals surface area contributed by atoms with E-state index in [1.807, 2.05) is 33.3 Å². The Balaban J connectivity index is 4.98. The van der Waals surface area contributed by atoms with E-state index in [0.717, 1.165) is 70.6 Å². The van der Waals surface area contributed by atoms with Crippen molar-refractivity contribution in [1.29, 1.82) is 0 Å². The first-order chi connectivity index (χ1) is 38.9. The molecule has 9 nitrogen and oxygen atoms in total. The highest BCUT2D eigenvalue weighted by molar-refractivity contribution is 7.47. The number of quaternary nitrogens is 1. The molecule has 10 heteroatoms. The number of esters is 1. The molecule has 0 aromatic heterocycles. The maximum atomic E-state index is 13.6. The average Bonchev–Trinajstić information content (AvgIpc) is 3.42. The second-order valence-electron chi connectivity index (χ2n) is 25.4. The van der Waals surface area contributed by atoms with E-state index in [1.165, 1.54) is 257 Å². The summed E-state index contributed by atoms with van der Waals surface area (Å²) in [5.41, 5.74) is 0. The van der Waals surface area contributed by atoms with E-state index in [9.17, 15) is 19.0 Å². The summed E-state index contributed by atoms with van der Waals surface area (Å²) in [6.07, 6.45) is 73.4. The first-order valence-electron chi connectivity index (χ1n) is 35.2. The van der Waals surface area contributed by atoms with Gasteiger partial charge < -0.3 is 19.4 Å². The molecule has 0 aliphatic heterocycles. The third-order valence-electron chi connectivity index (χ3n) is 16.1. The van der Waals surface area contributed by atoms with Crippen molar-refractivity contribution in [2.24, 2.45) is 0 Å². The molecule has 0 rings (SSSR count). The smallest absolute Gasteiger partial charge is 0.456 e. The van der Waals surface area contributed by atoms with E-state index in [2.05, 4.69) is 38.2 Å². The summed E-state index contributed by atoms with van der Waals surface area (Å²) in [6, 6.07) is -0.849. The standard InChI is InChI=1S/C70H137N2O7P/c1-7-10-13-16-19-22-25-28-30-31-32-33-34-35-36-37-38-39-40-41-42-44-47-50-53-56-59-62-69(73)71-67(66-78-80(75,76)77-65-64-72(4,5)6)68(61-58-55-52-49-46-43-27-24-21-18-15-12-9-3)79-70(74)63-60-57-54-51-48-45-29-26-23-20-17-14-11-8-2/h45,48,58,61,67-68H,7-44,46-47,49-57,59-60,62-66H2,1-6H3,(H-,71,73,75,76)/p+1/b48-45-,61-58-. The number of rotatable bonds is 65. The van der Waals surface area contributed by atoms with Crippen LogP contribution in [0.3, 0.4) is 0 Å². The minimum absolute atomic E-state index is 0.0419. The number of hydrogen-bond donors (Lipinski definition) is 2. The predicted octanol–water partition coefficient (Wildman–Crippen LogP) is 22.1. The van der Waals surface area contributed by atoms with Gasteiger partial charge in [-0.1, -0.05) is 315 Å². The number of nitrogens with one attached hydrogen (secondary N) is 1. The fourth-order valence-electron chi connectivity index (χ4n) is 10.7. The highest BCUT2D eigenvalue weighted by Crippen LogP contribution is 2.43. The largest absolute Gasteiger partial charge is 0.472 e. The minimum atomic E-state index is -4.45. The Hall–Kier alpha value is -1.51. The van der Waals surface area contributed by atoms with Crippen molar-refractivity contribution in [2.75, 3.05) is 40.9 Å². The molecule has 0 saturated heterocycles. The van der Waals surface area contributed by atoms with Gasteiger partial charge in [0.1, 0.15) is 19.3 Å². The number of carbonyl (C=O) groups is 2. The van der Waals surface area contributed by atoms with Crippen LogP contribution in [0.4, 0.5) is 0 Å². The van der Waals surface area contributed by atoms with Crippen LogP contribution in [0.2, 0.25) is 0 Å². The summed E-state index contributed by atoms with van der Waals surface area (Å²) in [5.74, 6) is -0.503. The van der Waals surface area contributed by atoms with Crippen LogP contribution >= 0.6 is 7.82 Å². The number of allylic oxidation sites excluding steroid dienone is 3. The molecule has 80 heavy (non-hydrogen) atoms. The first kappa shape index (κ1) is 78.5. The molecule has 1 amide bonds. The maximum absolute atomic E-state index is 13.6. The van der Waals surface area contributed by atoms with Crippen LogP contribution < -0.4 is 5.32 Å². The zero-order valence-electron chi connectivity index (χ0n) is 54.4. The van der Waals surface area contributed by atoms with Crippen molar-refractivity contribution in [2.45, 2.75) is 373 Å². The zero-order valence-corrected chi connectivity index (χ0v) is 55.2. The molecule has 0 bridgehead atoms. The van der Waals surface area contributed by atoms with Gasteiger partial charge in [0, 0.05) is 12.8 Å². The van der Waals surface area contributed by atoms with Gasteiger partial charge in [0.15, 0.2) is 0 Å². The number of hydrogen-bond acceptors (Lipinski definition) is 6. The minimum Gasteiger partial charge on any atom is -0.456 e. The van der Waals surface area contributed by atoms with Crippen LogP contribution in [-0.2, 0) is 27.9 Å². The summed E-state index contributed by atoms with van der Waals surface area (Å²) >= 11 is 0. The Morgan fingerprint density at radius 3 is 1.07 bits per heavy atom. The molecule has 0 aliphatic carbocycles. The van der Waals surface area contributed by atoms with Gasteiger partial charge in [-0.2, -0.15) is 0 Å². The lowest BCUT2D eigenvalue weighted by atomic mass is 10.0. The normalized spacial score (nSPS) is 13.6. The van der Waals surface area contributed by atoms with Crippen molar-refractivity contribution in [3.63, 3.8) is 0 Å². The Morgan fingerprint density at radius 2 is 0.725 bits per heavy atom. The van der Waals surface area contributed by atoms with Gasteiger partial charge in [0.2, 0.25) is 5.91 Å². The van der Waals surface area contributed by atoms with Gasteiger partial charge >= 0.3 is 13.8 Å². The van der Waals surface area contributed by atoms with Gasteiger partial charge in [0.25, 0.3) is 0 Å². The van der Waals surface area contributed by atoms with Crippen molar-refractivity contribution in [3.05, 3.63) is 24.3 Å². The topological polar surface area (TPSA) is 111 Å². The molecular weight excluding hydrogens is 1010 g/mol. The predicted molar refractivity (Wildman–Crippen MR) is 346 cm³/mol. The monoisotopic (exact) mass is 1150 g/mol. The summed E-state index contributed by atoms with van der Waals surface area (Å²) in [6.45, 7) is 7.06. The van der Waals surface area contributed by atoms with Crippen molar-refractivity contribution in [3.8, 4) is 0 Å². The molecule has 0 fully saturated rings. The molecule has 0 aromatic rings. The Morgan fingerprint density at radius 1 is 0.425 bits per heavy atom. The first-order valence-corrected chi connectivity index (χ1v) is 36.7. The van der Waals surface area contributed by atoms with Crippen molar-refractivity contribution in [1.82, 2.24) is 5.32 Å². The fraction of sp³-hybridized carbons (Fsp3) is 0.914. The van der Waals surface area contributed by atoms with Crippen LogP contribution in [0, 0.1) is 0 Å². The Labute approximate surface area is 498 Å². The number of nitrogens with zero attached hydrogens (tertiary/aromatic N) is 1. The Bertz CT molecular complexity index is 1420. The zero-order chi connectivity index (χ0) is 58.6. The number of unbranched alkanes of at least 4 members (excludes halogenated alkanes) is 47. The number of likely N-dealkylation sites (N-methyl/N-ethyl adjacent to an activating group) is 1. The quantitative estimate of drug-likeness (QED) is 0.0205. The SMILES string of the molecule is CCCCCCCCC/C=C\CCCCCC(=O)OC(/C=C\CCCCCCCCCCCCC)C(COP(=O)(O)OCC[N+](C)(C)C)NC(=O)CCCCCCCCCCCCCCCCCCCCCCCCCCCCC. The average molecular weight is 1150 g/mol. The molecule has 2 N–H and O–H groups in total. The van der Waals surface area contributed by atoms with Crippen LogP contribution in [0.1, 0.15) is 361 Å². The maximum Gasteiger partial charge on any atom is 0.472 e. The van der Waals surface area contributed by atoms with E-state index >= 15 is 0 Å². The third kappa shape index (κ3) is 61.1. The summed E-state index contributed by atoms with van der Waals surface area (Å²) in [4.78, 5) is 37.8. The van der Waals surface area contributed by atoms with E-state index in [0.29, 0.717) is 17.4 Å². The molecule has 0 heterocycles. The van der Waals surface area contributed by atoms with Crippen LogP contribution in [-0.4, -0.2) is 74.3 Å². The highest BCUT2D eigenvalue weighted by atomic mass is 31.2. The molecule has 3 unspecified atom stereocenters. The Kier molecular flexibility index (Phi) is 59.5. The van der Waals surface area contributed by atoms with E-state index in [-0.39, 0.29) is 31.5 Å². The van der Waals surface area contributed by atoms with Crippen LogP contribution in [0.25, 0.3) is 0 Å². The molecule has 0 aliphatic rings. The summed E-state index contributed by atoms with van der Waals surface area (Å²) in [5, 5.41) is 3.07. The molecule has 0 saturated carbocycles. The second-order valence-corrected chi connectivity index (χ2v) is 26.9. The molecule has 3 atom stereocenters. The van der Waals surface area contributed by atoms with Gasteiger partial charge in [-0.25, -0.2) is 4.57 Å². The highest BCUT2D eigenvalue weighted by Gasteiger charge is 2.30. The third-order valence-corrected chi connectivity index (χ3v) is 17.1. The molecule has 474 valence electrons.